The first kappa shape index (κ1) is 18.1. The Hall–Kier alpha value is -2.70. The van der Waals surface area contributed by atoms with Crippen molar-refractivity contribution in [2.24, 2.45) is 11.8 Å². The maximum atomic E-state index is 12.4. The number of fused-ring (bicyclic) bond motifs is 1. The molecule has 26 heavy (non-hydrogen) atoms. The van der Waals surface area contributed by atoms with Gasteiger partial charge in [0, 0.05) is 6.42 Å². The van der Waals surface area contributed by atoms with Crippen molar-refractivity contribution in [3.8, 4) is 0 Å². The zero-order valence-electron chi connectivity index (χ0n) is 14.4. The van der Waals surface area contributed by atoms with Gasteiger partial charge in [-0.15, -0.1) is 0 Å². The molecular weight excluding hydrogens is 336 g/mol. The molecule has 1 aromatic carbocycles. The third-order valence-corrected chi connectivity index (χ3v) is 5.15. The SMILES string of the molecule is O=C(CN1C(=O)C2CCCCC2C1=O)N[C@@H](Cc1ccccc1)C(=O)O. The number of nitrogens with zero attached hydrogens (tertiary/aromatic N) is 1. The number of rotatable bonds is 6. The van der Waals surface area contributed by atoms with Gasteiger partial charge in [0.2, 0.25) is 17.7 Å². The summed E-state index contributed by atoms with van der Waals surface area (Å²) in [5.41, 5.74) is 0.777. The van der Waals surface area contributed by atoms with E-state index in [1.807, 2.05) is 6.07 Å². The molecule has 2 aliphatic rings. The predicted octanol–water partition coefficient (Wildman–Crippen LogP) is 0.974. The highest BCUT2D eigenvalue weighted by atomic mass is 16.4. The lowest BCUT2D eigenvalue weighted by Gasteiger charge is -2.19. The summed E-state index contributed by atoms with van der Waals surface area (Å²) in [6, 6.07) is 7.85. The molecule has 2 N–H and O–H groups in total. The fraction of sp³-hybridized carbons (Fsp3) is 0.474. The lowest BCUT2D eigenvalue weighted by Crippen LogP contribution is -2.48. The summed E-state index contributed by atoms with van der Waals surface area (Å²) < 4.78 is 0. The van der Waals surface area contributed by atoms with Gasteiger partial charge in [-0.2, -0.15) is 0 Å². The van der Waals surface area contributed by atoms with Crippen molar-refractivity contribution in [3.05, 3.63) is 35.9 Å². The van der Waals surface area contributed by atoms with Crippen molar-refractivity contribution < 1.29 is 24.3 Å². The van der Waals surface area contributed by atoms with E-state index in [1.54, 1.807) is 24.3 Å². The second-order valence-corrected chi connectivity index (χ2v) is 6.91. The van der Waals surface area contributed by atoms with Crippen LogP contribution in [0, 0.1) is 11.8 Å². The molecule has 1 heterocycles. The van der Waals surface area contributed by atoms with E-state index in [1.165, 1.54) is 0 Å². The van der Waals surface area contributed by atoms with E-state index < -0.39 is 24.5 Å². The standard InChI is InChI=1S/C19H22N2O5/c22-16(20-15(19(25)26)10-12-6-2-1-3-7-12)11-21-17(23)13-8-4-5-9-14(13)18(21)24/h1-3,6-7,13-15H,4-5,8-11H2,(H,20,22)(H,25,26)/t13?,14?,15-/m0/s1. The summed E-state index contributed by atoms with van der Waals surface area (Å²) in [6.07, 6.45) is 3.32. The molecule has 0 aromatic heterocycles. The van der Waals surface area contributed by atoms with Crippen molar-refractivity contribution in [3.63, 3.8) is 0 Å². The van der Waals surface area contributed by atoms with Crippen LogP contribution in [-0.2, 0) is 25.6 Å². The second kappa shape index (κ2) is 7.68. The number of hydrogen-bond acceptors (Lipinski definition) is 4. The summed E-state index contributed by atoms with van der Waals surface area (Å²) in [5.74, 6) is -3.02. The first-order valence-electron chi connectivity index (χ1n) is 8.88. The van der Waals surface area contributed by atoms with Gasteiger partial charge in [0.1, 0.15) is 12.6 Å². The molecule has 7 heteroatoms. The van der Waals surface area contributed by atoms with E-state index in [9.17, 15) is 24.3 Å². The number of carboxylic acids is 1. The molecule has 7 nitrogen and oxygen atoms in total. The van der Waals surface area contributed by atoms with Crippen LogP contribution in [0.25, 0.3) is 0 Å². The molecule has 0 spiro atoms. The molecule has 3 amide bonds. The largest absolute Gasteiger partial charge is 0.480 e. The smallest absolute Gasteiger partial charge is 0.326 e. The number of aliphatic carboxylic acids is 1. The van der Waals surface area contributed by atoms with E-state index in [0.29, 0.717) is 12.8 Å². The highest BCUT2D eigenvalue weighted by Crippen LogP contribution is 2.37. The molecule has 0 bridgehead atoms. The molecular formula is C19H22N2O5. The number of nitrogens with one attached hydrogen (secondary N) is 1. The van der Waals surface area contributed by atoms with E-state index >= 15 is 0 Å². The minimum Gasteiger partial charge on any atom is -0.480 e. The Morgan fingerprint density at radius 2 is 1.65 bits per heavy atom. The molecule has 1 saturated carbocycles. The van der Waals surface area contributed by atoms with Crippen molar-refractivity contribution >= 4 is 23.7 Å². The van der Waals surface area contributed by atoms with Crippen LogP contribution in [0.3, 0.4) is 0 Å². The molecule has 1 aromatic rings. The summed E-state index contributed by atoms with van der Waals surface area (Å²) in [4.78, 5) is 49.5. The van der Waals surface area contributed by atoms with Gasteiger partial charge in [-0.05, 0) is 18.4 Å². The fourth-order valence-electron chi connectivity index (χ4n) is 3.82. The van der Waals surface area contributed by atoms with Gasteiger partial charge in [-0.25, -0.2) is 4.79 Å². The van der Waals surface area contributed by atoms with Gasteiger partial charge in [-0.1, -0.05) is 43.2 Å². The van der Waals surface area contributed by atoms with E-state index in [4.69, 9.17) is 0 Å². The molecule has 2 unspecified atom stereocenters. The molecule has 0 radical (unpaired) electrons. The zero-order chi connectivity index (χ0) is 18.7. The Morgan fingerprint density at radius 1 is 1.08 bits per heavy atom. The number of hydrogen-bond donors (Lipinski definition) is 2. The first-order chi connectivity index (χ1) is 12.5. The first-order valence-corrected chi connectivity index (χ1v) is 8.88. The highest BCUT2D eigenvalue weighted by molar-refractivity contribution is 6.07. The van der Waals surface area contributed by atoms with Gasteiger partial charge in [0.25, 0.3) is 0 Å². The van der Waals surface area contributed by atoms with Crippen molar-refractivity contribution in [2.45, 2.75) is 38.1 Å². The Labute approximate surface area is 151 Å². The summed E-state index contributed by atoms with van der Waals surface area (Å²) in [6.45, 7) is -0.413. The lowest BCUT2D eigenvalue weighted by molar-refractivity contribution is -0.145. The normalized spacial score (nSPS) is 23.5. The fourth-order valence-corrected chi connectivity index (χ4v) is 3.82. The lowest BCUT2D eigenvalue weighted by atomic mass is 9.81. The highest BCUT2D eigenvalue weighted by Gasteiger charge is 2.48. The van der Waals surface area contributed by atoms with Crippen molar-refractivity contribution in [1.82, 2.24) is 10.2 Å². The minimum atomic E-state index is -1.16. The topological polar surface area (TPSA) is 104 Å². The number of carbonyl (C=O) groups excluding carboxylic acids is 3. The van der Waals surface area contributed by atoms with E-state index in [0.717, 1.165) is 23.3 Å². The number of imide groups is 1. The Bertz CT molecular complexity index is 694. The van der Waals surface area contributed by atoms with Crippen LogP contribution in [0.1, 0.15) is 31.2 Å². The van der Waals surface area contributed by atoms with Crippen molar-refractivity contribution in [1.29, 1.82) is 0 Å². The van der Waals surface area contributed by atoms with Gasteiger partial charge < -0.3 is 10.4 Å². The minimum absolute atomic E-state index is 0.134. The van der Waals surface area contributed by atoms with Crippen molar-refractivity contribution in [2.75, 3.05) is 6.54 Å². The third kappa shape index (κ3) is 3.76. The maximum Gasteiger partial charge on any atom is 0.326 e. The zero-order valence-corrected chi connectivity index (χ0v) is 14.4. The van der Waals surface area contributed by atoms with Crippen LogP contribution in [0.5, 0.6) is 0 Å². The van der Waals surface area contributed by atoms with Gasteiger partial charge in [0.05, 0.1) is 11.8 Å². The second-order valence-electron chi connectivity index (χ2n) is 6.91. The molecule has 3 rings (SSSR count). The summed E-state index contributed by atoms with van der Waals surface area (Å²) >= 11 is 0. The van der Waals surface area contributed by atoms with Gasteiger partial charge in [0.15, 0.2) is 0 Å². The van der Waals surface area contributed by atoms with Crippen LogP contribution >= 0.6 is 0 Å². The third-order valence-electron chi connectivity index (χ3n) is 5.15. The number of amides is 3. The van der Waals surface area contributed by atoms with Crippen LogP contribution in [0.4, 0.5) is 0 Å². The number of benzene rings is 1. The number of likely N-dealkylation sites (tertiary alicyclic amines) is 1. The average molecular weight is 358 g/mol. The monoisotopic (exact) mass is 358 g/mol. The molecule has 3 atom stereocenters. The van der Waals surface area contributed by atoms with Crippen LogP contribution in [-0.4, -0.2) is 46.3 Å². The summed E-state index contributed by atoms with van der Waals surface area (Å²) in [5, 5.41) is 11.8. The predicted molar refractivity (Wildman–Crippen MR) is 91.9 cm³/mol. The number of carboxylic acid groups (broad SMARTS) is 1. The Kier molecular flexibility index (Phi) is 5.35. The van der Waals surface area contributed by atoms with Crippen LogP contribution in [0.2, 0.25) is 0 Å². The average Bonchev–Trinajstić information content (AvgIpc) is 2.87. The van der Waals surface area contributed by atoms with Gasteiger partial charge in [-0.3, -0.25) is 19.3 Å². The number of carbonyl (C=O) groups is 4. The van der Waals surface area contributed by atoms with Crippen LogP contribution in [0.15, 0.2) is 30.3 Å². The molecule has 138 valence electrons. The molecule has 1 aliphatic heterocycles. The molecule has 1 aliphatic carbocycles. The van der Waals surface area contributed by atoms with Crippen LogP contribution < -0.4 is 5.32 Å². The molecule has 1 saturated heterocycles. The molecule has 2 fully saturated rings. The Morgan fingerprint density at radius 3 is 2.19 bits per heavy atom. The van der Waals surface area contributed by atoms with Gasteiger partial charge >= 0.3 is 5.97 Å². The maximum absolute atomic E-state index is 12.4. The van der Waals surface area contributed by atoms with E-state index in [2.05, 4.69) is 5.32 Å². The van der Waals surface area contributed by atoms with E-state index in [-0.39, 0.29) is 30.1 Å². The Balaban J connectivity index is 1.62. The quantitative estimate of drug-likeness (QED) is 0.738. The summed E-state index contributed by atoms with van der Waals surface area (Å²) in [7, 11) is 0.